The fraction of sp³-hybridized carbons (Fsp3) is 0.438. The lowest BCUT2D eigenvalue weighted by molar-refractivity contribution is -0.148. The van der Waals surface area contributed by atoms with E-state index < -0.39 is 53.4 Å². The van der Waals surface area contributed by atoms with Crippen molar-refractivity contribution in [2.24, 2.45) is 5.92 Å². The van der Waals surface area contributed by atoms with Crippen molar-refractivity contribution >= 4 is 57.5 Å². The molecule has 2 fully saturated rings. The number of benzene rings is 1. The molecule has 0 aliphatic carbocycles. The van der Waals surface area contributed by atoms with Crippen molar-refractivity contribution in [1.82, 2.24) is 25.2 Å². The zero-order chi connectivity index (χ0) is 34.7. The first-order valence-corrected chi connectivity index (χ1v) is 16.0. The molecule has 4 atom stereocenters. The number of alkyl halides is 3. The van der Waals surface area contributed by atoms with Gasteiger partial charge in [-0.05, 0) is 24.6 Å². The molecule has 4 aromatic rings. The minimum atomic E-state index is -4.26. The van der Waals surface area contributed by atoms with Gasteiger partial charge in [0.05, 0.1) is 23.7 Å². The van der Waals surface area contributed by atoms with E-state index in [1.54, 1.807) is 31.2 Å². The molecule has 258 valence electrons. The number of pyridine rings is 1. The predicted octanol–water partition coefficient (Wildman–Crippen LogP) is 4.79. The van der Waals surface area contributed by atoms with Crippen LogP contribution in [-0.4, -0.2) is 87.9 Å². The van der Waals surface area contributed by atoms with E-state index >= 15 is 13.2 Å². The van der Waals surface area contributed by atoms with Crippen LogP contribution in [0.5, 0.6) is 5.88 Å². The Morgan fingerprint density at radius 2 is 1.96 bits per heavy atom. The third kappa shape index (κ3) is 5.70. The van der Waals surface area contributed by atoms with E-state index in [1.165, 1.54) is 22.1 Å². The highest BCUT2D eigenvalue weighted by Crippen LogP contribution is 2.46. The van der Waals surface area contributed by atoms with Crippen LogP contribution in [0, 0.1) is 5.92 Å². The van der Waals surface area contributed by atoms with Crippen LogP contribution in [0.15, 0.2) is 40.9 Å². The summed E-state index contributed by atoms with van der Waals surface area (Å²) < 4.78 is 66.0. The minimum absolute atomic E-state index is 0.00581. The Morgan fingerprint density at radius 3 is 2.73 bits per heavy atom. The number of carboxylic acids is 1. The molecule has 0 unspecified atom stereocenters. The maximum atomic E-state index is 17.0. The van der Waals surface area contributed by atoms with Gasteiger partial charge in [0.15, 0.2) is 11.4 Å². The summed E-state index contributed by atoms with van der Waals surface area (Å²) >= 11 is 6.27. The van der Waals surface area contributed by atoms with Gasteiger partial charge < -0.3 is 34.1 Å². The van der Waals surface area contributed by atoms with E-state index in [0.29, 0.717) is 5.39 Å². The summed E-state index contributed by atoms with van der Waals surface area (Å²) in [5.74, 6) is -9.63. The Labute approximate surface area is 281 Å². The van der Waals surface area contributed by atoms with Gasteiger partial charge in [0.1, 0.15) is 28.9 Å². The van der Waals surface area contributed by atoms with Crippen LogP contribution in [0.2, 0.25) is 5.02 Å². The second-order valence-electron chi connectivity index (χ2n) is 12.4. The standard InChI is InChI=1S/C32H30ClF3N6O7/c1-16-14-41-9-7-31(16,34)20-11-17(33)13-38-26(20)48-18-12-21(27(43)44)42(15-18)25-24-23(19-5-2-3-6-22(19)49-24)39-28(40-25)32(35,36)29(45)37-8-4-10-47-30(41)46/h2-3,5-6,11,13,16,18,21H,4,7-10,12,14-15H2,1H3,(H,37,45)(H,43,44)/t16-,18-,21-,31+/m0/s1. The smallest absolute Gasteiger partial charge is 0.409 e. The van der Waals surface area contributed by atoms with Crippen molar-refractivity contribution in [3.63, 3.8) is 0 Å². The number of aliphatic carboxylic acids is 1. The molecule has 0 saturated carbocycles. The molecule has 49 heavy (non-hydrogen) atoms. The Balaban J connectivity index is 1.35. The van der Waals surface area contributed by atoms with Crippen LogP contribution in [-0.2, 0) is 25.9 Å². The summed E-state index contributed by atoms with van der Waals surface area (Å²) in [6.45, 7) is 0.895. The van der Waals surface area contributed by atoms with Crippen LogP contribution in [0.4, 0.5) is 23.8 Å². The quantitative estimate of drug-likeness (QED) is 0.281. The van der Waals surface area contributed by atoms with Gasteiger partial charge in [0, 0.05) is 50.0 Å². The number of fused-ring (bicyclic) bond motifs is 12. The molecule has 17 heteroatoms. The Kier molecular flexibility index (Phi) is 8.16. The molecule has 1 aromatic carbocycles. The Morgan fingerprint density at radius 1 is 1.16 bits per heavy atom. The second-order valence-corrected chi connectivity index (χ2v) is 12.8. The number of carboxylic acid groups (broad SMARTS) is 1. The van der Waals surface area contributed by atoms with Crippen LogP contribution < -0.4 is 15.0 Å². The predicted molar refractivity (Wildman–Crippen MR) is 167 cm³/mol. The number of rotatable bonds is 1. The highest BCUT2D eigenvalue weighted by molar-refractivity contribution is 6.30. The molecule has 4 aliphatic rings. The van der Waals surface area contributed by atoms with Crippen molar-refractivity contribution in [3.05, 3.63) is 52.9 Å². The molecule has 13 nitrogen and oxygen atoms in total. The lowest BCUT2D eigenvalue weighted by Gasteiger charge is -2.41. The molecule has 3 aromatic heterocycles. The number of carbonyl (C=O) groups is 3. The number of amides is 2. The average Bonchev–Trinajstić information content (AvgIpc) is 3.67. The van der Waals surface area contributed by atoms with E-state index in [1.807, 2.05) is 0 Å². The highest BCUT2D eigenvalue weighted by atomic mass is 35.5. The molecule has 4 aliphatic heterocycles. The molecule has 2 N–H and O–H groups in total. The Bertz CT molecular complexity index is 1980. The molecule has 7 heterocycles. The maximum absolute atomic E-state index is 17.0. The summed E-state index contributed by atoms with van der Waals surface area (Å²) in [5.41, 5.74) is -1.85. The summed E-state index contributed by atoms with van der Waals surface area (Å²) in [6, 6.07) is 6.52. The zero-order valence-electron chi connectivity index (χ0n) is 26.0. The number of carbonyl (C=O) groups excluding carboxylic acids is 2. The molecule has 2 saturated heterocycles. The third-order valence-electron chi connectivity index (χ3n) is 9.24. The van der Waals surface area contributed by atoms with Crippen molar-refractivity contribution < 1.29 is 46.6 Å². The van der Waals surface area contributed by atoms with Crippen LogP contribution >= 0.6 is 11.6 Å². The number of anilines is 1. The van der Waals surface area contributed by atoms with Crippen LogP contribution in [0.1, 0.15) is 37.6 Å². The Hall–Kier alpha value is -4.86. The largest absolute Gasteiger partial charge is 0.480 e. The number of ether oxygens (including phenoxy) is 2. The molecular formula is C32H30ClF3N6O7. The fourth-order valence-corrected chi connectivity index (χ4v) is 6.81. The van der Waals surface area contributed by atoms with E-state index in [-0.39, 0.29) is 91.0 Å². The first-order chi connectivity index (χ1) is 23.4. The molecule has 0 radical (unpaired) electrons. The van der Waals surface area contributed by atoms with E-state index in [2.05, 4.69) is 20.3 Å². The average molecular weight is 703 g/mol. The molecule has 6 bridgehead atoms. The first-order valence-electron chi connectivity index (χ1n) is 15.7. The number of nitrogens with one attached hydrogen (secondary N) is 1. The van der Waals surface area contributed by atoms with Crippen molar-refractivity contribution in [1.29, 1.82) is 0 Å². The molecule has 2 amide bonds. The van der Waals surface area contributed by atoms with E-state index in [9.17, 15) is 19.5 Å². The number of furan rings is 1. The maximum Gasteiger partial charge on any atom is 0.409 e. The summed E-state index contributed by atoms with van der Waals surface area (Å²) in [7, 11) is 0. The summed E-state index contributed by atoms with van der Waals surface area (Å²) in [6.07, 6.45) is -0.708. The van der Waals surface area contributed by atoms with E-state index in [4.69, 9.17) is 25.5 Å². The lowest BCUT2D eigenvalue weighted by Crippen LogP contribution is -2.49. The second kappa shape index (κ2) is 12.2. The van der Waals surface area contributed by atoms with Crippen molar-refractivity contribution in [2.45, 2.75) is 49.9 Å². The number of hydrogen-bond acceptors (Lipinski definition) is 10. The number of para-hydroxylation sites is 1. The third-order valence-corrected chi connectivity index (χ3v) is 9.45. The van der Waals surface area contributed by atoms with Crippen molar-refractivity contribution in [3.8, 4) is 5.88 Å². The fourth-order valence-electron chi connectivity index (χ4n) is 6.65. The van der Waals surface area contributed by atoms with Crippen LogP contribution in [0.3, 0.4) is 0 Å². The zero-order valence-corrected chi connectivity index (χ0v) is 26.8. The first kappa shape index (κ1) is 32.7. The monoisotopic (exact) mass is 702 g/mol. The molecule has 8 rings (SSSR count). The number of halogens is 4. The SMILES string of the molecule is C[C@H]1CN2CC[C@]1(F)c1cc(Cl)cnc1O[C@H]1C[C@@H](C(=O)O)N(C1)c1nc(nc3c1oc1ccccc13)C(F)(F)C(=O)NCCCOC2=O. The summed E-state index contributed by atoms with van der Waals surface area (Å²) in [4.78, 5) is 53.2. The van der Waals surface area contributed by atoms with Gasteiger partial charge >= 0.3 is 18.0 Å². The number of hydrogen-bond donors (Lipinski definition) is 2. The molecule has 0 spiro atoms. The number of nitrogens with zero attached hydrogens (tertiary/aromatic N) is 5. The van der Waals surface area contributed by atoms with Gasteiger partial charge in [-0.25, -0.2) is 28.9 Å². The summed E-state index contributed by atoms with van der Waals surface area (Å²) in [5, 5.41) is 12.9. The van der Waals surface area contributed by atoms with Crippen LogP contribution in [0.25, 0.3) is 22.1 Å². The van der Waals surface area contributed by atoms with Gasteiger partial charge in [0.25, 0.3) is 5.91 Å². The van der Waals surface area contributed by atoms with Gasteiger partial charge in [-0.1, -0.05) is 30.7 Å². The normalized spacial score (nSPS) is 26.1. The molecular weight excluding hydrogens is 673 g/mol. The van der Waals surface area contributed by atoms with E-state index in [0.717, 1.165) is 0 Å². The topological polar surface area (TPSA) is 160 Å². The van der Waals surface area contributed by atoms with Gasteiger partial charge in [0.2, 0.25) is 11.7 Å². The van der Waals surface area contributed by atoms with Gasteiger partial charge in [-0.3, -0.25) is 4.79 Å². The van der Waals surface area contributed by atoms with Crippen molar-refractivity contribution in [2.75, 3.05) is 37.7 Å². The van der Waals surface area contributed by atoms with Gasteiger partial charge in [-0.15, -0.1) is 0 Å². The minimum Gasteiger partial charge on any atom is -0.480 e. The highest BCUT2D eigenvalue weighted by Gasteiger charge is 2.49. The number of piperidine rings is 1. The van der Waals surface area contributed by atoms with Gasteiger partial charge in [-0.2, -0.15) is 8.78 Å². The lowest BCUT2D eigenvalue weighted by atomic mass is 9.79. The number of aromatic nitrogens is 3.